The predicted molar refractivity (Wildman–Crippen MR) is 89.2 cm³/mol. The van der Waals surface area contributed by atoms with Gasteiger partial charge in [-0.05, 0) is 31.7 Å². The van der Waals surface area contributed by atoms with Gasteiger partial charge in [0.2, 0.25) is 5.91 Å². The SMILES string of the molecule is CO[C@H]1CCC[C@H]1CNC(=O)C1(c2ccc(F)cc2F)CCOCC1. The number of amides is 1. The number of rotatable bonds is 5. The van der Waals surface area contributed by atoms with Crippen LogP contribution in [0.4, 0.5) is 8.78 Å². The van der Waals surface area contributed by atoms with E-state index in [1.54, 1.807) is 7.11 Å². The maximum Gasteiger partial charge on any atom is 0.230 e. The standard InChI is InChI=1S/C19H25F2NO3/c1-24-17-4-2-3-13(17)12-22-18(23)19(7-9-25-10-8-19)15-6-5-14(20)11-16(15)21/h5-6,11,13,17H,2-4,7-10,12H2,1H3,(H,22,23)/t13-,17-/m0/s1. The Morgan fingerprint density at radius 1 is 1.32 bits per heavy atom. The van der Waals surface area contributed by atoms with E-state index < -0.39 is 17.0 Å². The van der Waals surface area contributed by atoms with Crippen molar-refractivity contribution < 1.29 is 23.0 Å². The van der Waals surface area contributed by atoms with E-state index in [4.69, 9.17) is 9.47 Å². The van der Waals surface area contributed by atoms with Crippen molar-refractivity contribution in [2.75, 3.05) is 26.9 Å². The molecule has 0 spiro atoms. The summed E-state index contributed by atoms with van der Waals surface area (Å²) in [7, 11) is 1.69. The summed E-state index contributed by atoms with van der Waals surface area (Å²) < 4.78 is 38.6. The van der Waals surface area contributed by atoms with Crippen LogP contribution in [0.1, 0.15) is 37.7 Å². The summed E-state index contributed by atoms with van der Waals surface area (Å²) in [6, 6.07) is 3.45. The average Bonchev–Trinajstić information content (AvgIpc) is 3.07. The van der Waals surface area contributed by atoms with Crippen LogP contribution in [0.15, 0.2) is 18.2 Å². The van der Waals surface area contributed by atoms with Gasteiger partial charge < -0.3 is 14.8 Å². The fourth-order valence-corrected chi connectivity index (χ4v) is 4.16. The Morgan fingerprint density at radius 2 is 2.08 bits per heavy atom. The van der Waals surface area contributed by atoms with Crippen molar-refractivity contribution in [3.05, 3.63) is 35.4 Å². The molecule has 0 radical (unpaired) electrons. The summed E-state index contributed by atoms with van der Waals surface area (Å²) in [5, 5.41) is 3.00. The van der Waals surface area contributed by atoms with Crippen molar-refractivity contribution in [1.29, 1.82) is 0 Å². The molecule has 1 N–H and O–H groups in total. The van der Waals surface area contributed by atoms with E-state index in [1.807, 2.05) is 0 Å². The van der Waals surface area contributed by atoms with Crippen molar-refractivity contribution in [3.8, 4) is 0 Å². The Kier molecular flexibility index (Phi) is 5.69. The van der Waals surface area contributed by atoms with Crippen LogP contribution in [0, 0.1) is 17.6 Å². The molecule has 1 aromatic carbocycles. The van der Waals surface area contributed by atoms with Crippen LogP contribution in [0.5, 0.6) is 0 Å². The summed E-state index contributed by atoms with van der Waals surface area (Å²) in [5.74, 6) is -1.24. The van der Waals surface area contributed by atoms with E-state index in [9.17, 15) is 13.6 Å². The first-order valence-electron chi connectivity index (χ1n) is 8.91. The third kappa shape index (κ3) is 3.70. The monoisotopic (exact) mass is 353 g/mol. The summed E-state index contributed by atoms with van der Waals surface area (Å²) in [4.78, 5) is 13.0. The van der Waals surface area contributed by atoms with Crippen LogP contribution in [0.2, 0.25) is 0 Å². The second kappa shape index (κ2) is 7.79. The highest BCUT2D eigenvalue weighted by atomic mass is 19.1. The molecule has 0 unspecified atom stereocenters. The molecule has 1 aliphatic heterocycles. The smallest absolute Gasteiger partial charge is 0.230 e. The number of carbonyl (C=O) groups excluding carboxylic acids is 1. The van der Waals surface area contributed by atoms with Gasteiger partial charge in [-0.3, -0.25) is 4.79 Å². The number of halogens is 2. The molecule has 1 saturated carbocycles. The van der Waals surface area contributed by atoms with Gasteiger partial charge in [0.05, 0.1) is 11.5 Å². The number of hydrogen-bond donors (Lipinski definition) is 1. The van der Waals surface area contributed by atoms with E-state index in [-0.39, 0.29) is 23.5 Å². The van der Waals surface area contributed by atoms with Crippen LogP contribution in [-0.2, 0) is 19.7 Å². The van der Waals surface area contributed by atoms with E-state index in [0.717, 1.165) is 25.3 Å². The van der Waals surface area contributed by atoms with Gasteiger partial charge in [-0.25, -0.2) is 8.78 Å². The van der Waals surface area contributed by atoms with Gasteiger partial charge in [0.25, 0.3) is 0 Å². The maximum atomic E-state index is 14.4. The normalized spacial score (nSPS) is 25.7. The van der Waals surface area contributed by atoms with E-state index in [0.29, 0.717) is 32.6 Å². The Hall–Kier alpha value is -1.53. The van der Waals surface area contributed by atoms with Crippen molar-refractivity contribution in [3.63, 3.8) is 0 Å². The van der Waals surface area contributed by atoms with E-state index in [1.165, 1.54) is 12.1 Å². The van der Waals surface area contributed by atoms with E-state index >= 15 is 0 Å². The number of benzene rings is 1. The summed E-state index contributed by atoms with van der Waals surface area (Å²) in [5.41, 5.74) is -0.749. The van der Waals surface area contributed by atoms with Gasteiger partial charge in [0.1, 0.15) is 11.6 Å². The average molecular weight is 353 g/mol. The quantitative estimate of drug-likeness (QED) is 0.885. The molecule has 1 aromatic rings. The summed E-state index contributed by atoms with van der Waals surface area (Å²) in [6.07, 6.45) is 4.04. The van der Waals surface area contributed by atoms with Crippen LogP contribution in [0.25, 0.3) is 0 Å². The zero-order valence-electron chi connectivity index (χ0n) is 14.5. The molecule has 3 rings (SSSR count). The molecular weight excluding hydrogens is 328 g/mol. The summed E-state index contributed by atoms with van der Waals surface area (Å²) >= 11 is 0. The minimum Gasteiger partial charge on any atom is -0.381 e. The molecule has 0 aromatic heterocycles. The minimum atomic E-state index is -1.00. The lowest BCUT2D eigenvalue weighted by Gasteiger charge is -2.37. The van der Waals surface area contributed by atoms with Crippen molar-refractivity contribution in [2.45, 2.75) is 43.6 Å². The summed E-state index contributed by atoms with van der Waals surface area (Å²) in [6.45, 7) is 1.28. The van der Waals surface area contributed by atoms with Gasteiger partial charge in [0, 0.05) is 44.4 Å². The van der Waals surface area contributed by atoms with Gasteiger partial charge in [-0.1, -0.05) is 12.5 Å². The molecule has 2 atom stereocenters. The lowest BCUT2D eigenvalue weighted by molar-refractivity contribution is -0.131. The maximum absolute atomic E-state index is 14.4. The molecule has 1 amide bonds. The highest BCUT2D eigenvalue weighted by Gasteiger charge is 2.44. The molecule has 1 heterocycles. The van der Waals surface area contributed by atoms with Crippen LogP contribution < -0.4 is 5.32 Å². The fraction of sp³-hybridized carbons (Fsp3) is 0.632. The Morgan fingerprint density at radius 3 is 2.76 bits per heavy atom. The number of carbonyl (C=O) groups is 1. The van der Waals surface area contributed by atoms with Crippen LogP contribution >= 0.6 is 0 Å². The molecule has 1 aliphatic carbocycles. The Labute approximate surface area is 146 Å². The van der Waals surface area contributed by atoms with Crippen LogP contribution in [0.3, 0.4) is 0 Å². The number of methoxy groups -OCH3 is 1. The van der Waals surface area contributed by atoms with E-state index in [2.05, 4.69) is 5.32 Å². The lowest BCUT2D eigenvalue weighted by atomic mass is 9.73. The zero-order chi connectivity index (χ0) is 17.9. The highest BCUT2D eigenvalue weighted by Crippen LogP contribution is 2.37. The van der Waals surface area contributed by atoms with Crippen molar-refractivity contribution >= 4 is 5.91 Å². The van der Waals surface area contributed by atoms with Crippen molar-refractivity contribution in [1.82, 2.24) is 5.32 Å². The van der Waals surface area contributed by atoms with Crippen LogP contribution in [-0.4, -0.2) is 38.9 Å². The zero-order valence-corrected chi connectivity index (χ0v) is 14.5. The second-order valence-corrected chi connectivity index (χ2v) is 6.99. The molecule has 2 fully saturated rings. The predicted octanol–water partition coefficient (Wildman–Crippen LogP) is 2.94. The Bertz CT molecular complexity index is 617. The molecule has 6 heteroatoms. The molecule has 4 nitrogen and oxygen atoms in total. The molecule has 2 aliphatic rings. The van der Waals surface area contributed by atoms with Crippen molar-refractivity contribution in [2.24, 2.45) is 5.92 Å². The Balaban J connectivity index is 1.79. The largest absolute Gasteiger partial charge is 0.381 e. The van der Waals surface area contributed by atoms with Gasteiger partial charge in [-0.2, -0.15) is 0 Å². The topological polar surface area (TPSA) is 47.6 Å². The number of nitrogens with one attached hydrogen (secondary N) is 1. The first-order chi connectivity index (χ1) is 12.1. The first kappa shape index (κ1) is 18.3. The molecule has 25 heavy (non-hydrogen) atoms. The number of ether oxygens (including phenoxy) is 2. The van der Waals surface area contributed by atoms with Gasteiger partial charge in [0.15, 0.2) is 0 Å². The highest BCUT2D eigenvalue weighted by molar-refractivity contribution is 5.88. The molecule has 1 saturated heterocycles. The minimum absolute atomic E-state index is 0.161. The third-order valence-corrected chi connectivity index (χ3v) is 5.64. The van der Waals surface area contributed by atoms with Gasteiger partial charge >= 0.3 is 0 Å². The molecular formula is C19H25F2NO3. The third-order valence-electron chi connectivity index (χ3n) is 5.64. The fourth-order valence-electron chi connectivity index (χ4n) is 4.16. The molecule has 138 valence electrons. The lowest BCUT2D eigenvalue weighted by Crippen LogP contribution is -2.50. The van der Waals surface area contributed by atoms with Gasteiger partial charge in [-0.15, -0.1) is 0 Å². The second-order valence-electron chi connectivity index (χ2n) is 6.99. The first-order valence-corrected chi connectivity index (χ1v) is 8.91. The number of hydrogen-bond acceptors (Lipinski definition) is 3. The molecule has 0 bridgehead atoms.